The molecule has 1 aromatic heterocycles. The van der Waals surface area contributed by atoms with Gasteiger partial charge in [-0.3, -0.25) is 9.59 Å². The van der Waals surface area contributed by atoms with Gasteiger partial charge in [0, 0.05) is 21.6 Å². The predicted octanol–water partition coefficient (Wildman–Crippen LogP) is 2.30. The number of nitrogens with zero attached hydrogens (tertiary/aromatic N) is 1. The third-order valence-corrected chi connectivity index (χ3v) is 2.80. The van der Waals surface area contributed by atoms with E-state index in [9.17, 15) is 9.59 Å². The normalized spacial score (nSPS) is 10.6. The summed E-state index contributed by atoms with van der Waals surface area (Å²) in [7, 11) is 0. The van der Waals surface area contributed by atoms with Crippen LogP contribution in [0.3, 0.4) is 0 Å². The van der Waals surface area contributed by atoms with Gasteiger partial charge >= 0.3 is 5.97 Å². The highest BCUT2D eigenvalue weighted by Crippen LogP contribution is 2.24. The lowest BCUT2D eigenvalue weighted by Crippen LogP contribution is -2.07. The van der Waals surface area contributed by atoms with Crippen molar-refractivity contribution in [3.63, 3.8) is 0 Å². The number of aldehydes is 1. The zero-order valence-corrected chi connectivity index (χ0v) is 9.77. The van der Waals surface area contributed by atoms with E-state index in [0.717, 1.165) is 21.7 Å². The highest BCUT2D eigenvalue weighted by Gasteiger charge is 2.10. The van der Waals surface area contributed by atoms with E-state index in [1.165, 1.54) is 0 Å². The molecule has 0 aliphatic carbocycles. The number of aromatic nitrogens is 1. The Hall–Kier alpha value is -1.62. The molecule has 0 saturated carbocycles. The Morgan fingerprint density at radius 2 is 2.25 bits per heavy atom. The average Bonchev–Trinajstić information content (AvgIpc) is 2.55. The Morgan fingerprint density at radius 1 is 1.50 bits per heavy atom. The van der Waals surface area contributed by atoms with Crippen LogP contribution >= 0.6 is 15.9 Å². The van der Waals surface area contributed by atoms with Gasteiger partial charge in [-0.25, -0.2) is 0 Å². The molecule has 0 atom stereocenters. The highest BCUT2D eigenvalue weighted by atomic mass is 79.9. The summed E-state index contributed by atoms with van der Waals surface area (Å²) in [5.41, 5.74) is 1.24. The second kappa shape index (κ2) is 4.09. The van der Waals surface area contributed by atoms with E-state index in [-0.39, 0.29) is 6.54 Å². The zero-order chi connectivity index (χ0) is 11.7. The lowest BCUT2D eigenvalue weighted by molar-refractivity contribution is -0.137. The molecule has 4 nitrogen and oxygen atoms in total. The van der Waals surface area contributed by atoms with Crippen LogP contribution in [0.25, 0.3) is 10.9 Å². The van der Waals surface area contributed by atoms with Crippen LogP contribution in [-0.4, -0.2) is 21.9 Å². The minimum Gasteiger partial charge on any atom is -0.480 e. The van der Waals surface area contributed by atoms with Crippen LogP contribution in [0.15, 0.2) is 28.9 Å². The molecule has 5 heteroatoms. The number of carboxylic acids is 1. The van der Waals surface area contributed by atoms with Gasteiger partial charge in [-0.2, -0.15) is 0 Å². The van der Waals surface area contributed by atoms with Gasteiger partial charge in [-0.1, -0.05) is 22.0 Å². The van der Waals surface area contributed by atoms with Gasteiger partial charge in [-0.05, 0) is 12.1 Å². The molecule has 0 fully saturated rings. The number of fused-ring (bicyclic) bond motifs is 1. The van der Waals surface area contributed by atoms with Crippen molar-refractivity contribution in [1.82, 2.24) is 4.57 Å². The Balaban J connectivity index is 2.68. The van der Waals surface area contributed by atoms with Crippen LogP contribution in [0.1, 0.15) is 10.4 Å². The fraction of sp³-hybridized carbons (Fsp3) is 0.0909. The standard InChI is InChI=1S/C11H8BrNO3/c12-8-1-2-9-7(6-14)4-13(5-11(15)16)10(9)3-8/h1-4,6H,5H2,(H,15,16). The van der Waals surface area contributed by atoms with Gasteiger partial charge in [-0.15, -0.1) is 0 Å². The summed E-state index contributed by atoms with van der Waals surface area (Å²) in [6, 6.07) is 5.41. The lowest BCUT2D eigenvalue weighted by atomic mass is 10.2. The number of rotatable bonds is 3. The third kappa shape index (κ3) is 1.86. The summed E-state index contributed by atoms with van der Waals surface area (Å²) in [4.78, 5) is 21.5. The molecular formula is C11H8BrNO3. The summed E-state index contributed by atoms with van der Waals surface area (Å²) in [5, 5.41) is 9.52. The van der Waals surface area contributed by atoms with Gasteiger partial charge < -0.3 is 9.67 Å². The molecule has 0 spiro atoms. The first kappa shape index (κ1) is 10.9. The number of aliphatic carboxylic acids is 1. The minimum atomic E-state index is -0.936. The monoisotopic (exact) mass is 281 g/mol. The first-order valence-electron chi connectivity index (χ1n) is 4.57. The van der Waals surface area contributed by atoms with Gasteiger partial charge in [0.1, 0.15) is 6.54 Å². The molecule has 0 aliphatic heterocycles. The molecule has 1 N–H and O–H groups in total. The van der Waals surface area contributed by atoms with Gasteiger partial charge in [0.05, 0.1) is 5.52 Å². The maximum atomic E-state index is 10.8. The largest absolute Gasteiger partial charge is 0.480 e. The van der Waals surface area contributed by atoms with Crippen LogP contribution in [0.5, 0.6) is 0 Å². The van der Waals surface area contributed by atoms with E-state index < -0.39 is 5.97 Å². The number of carbonyl (C=O) groups is 2. The SMILES string of the molecule is O=Cc1cn(CC(=O)O)c2cc(Br)ccc12. The summed E-state index contributed by atoms with van der Waals surface area (Å²) in [6.45, 7) is -0.152. The molecule has 0 aliphatic rings. The van der Waals surface area contributed by atoms with E-state index in [1.54, 1.807) is 22.9 Å². The van der Waals surface area contributed by atoms with Crippen molar-refractivity contribution >= 4 is 39.1 Å². The molecule has 0 bridgehead atoms. The molecule has 1 heterocycles. The van der Waals surface area contributed by atoms with Gasteiger partial charge in [0.15, 0.2) is 6.29 Å². The van der Waals surface area contributed by atoms with E-state index >= 15 is 0 Å². The summed E-state index contributed by atoms with van der Waals surface area (Å²) < 4.78 is 2.40. The number of hydrogen-bond donors (Lipinski definition) is 1. The van der Waals surface area contributed by atoms with Crippen LogP contribution in [0.4, 0.5) is 0 Å². The summed E-state index contributed by atoms with van der Waals surface area (Å²) in [6.07, 6.45) is 2.28. The van der Waals surface area contributed by atoms with E-state index in [1.807, 2.05) is 6.07 Å². The molecule has 82 valence electrons. The van der Waals surface area contributed by atoms with Crippen LogP contribution in [0.2, 0.25) is 0 Å². The maximum Gasteiger partial charge on any atom is 0.323 e. The predicted molar refractivity (Wildman–Crippen MR) is 62.7 cm³/mol. The molecule has 0 amide bonds. The van der Waals surface area contributed by atoms with Crippen molar-refractivity contribution in [3.05, 3.63) is 34.4 Å². The fourth-order valence-electron chi connectivity index (χ4n) is 1.66. The number of benzene rings is 1. The first-order valence-corrected chi connectivity index (χ1v) is 5.36. The Bertz CT molecular complexity index is 574. The van der Waals surface area contributed by atoms with Crippen molar-refractivity contribution in [2.75, 3.05) is 0 Å². The second-order valence-corrected chi connectivity index (χ2v) is 4.30. The third-order valence-electron chi connectivity index (χ3n) is 2.31. The Morgan fingerprint density at radius 3 is 2.88 bits per heavy atom. The Labute approximate surface area is 99.6 Å². The Kier molecular flexibility index (Phi) is 2.78. The van der Waals surface area contributed by atoms with Crippen LogP contribution in [-0.2, 0) is 11.3 Å². The topological polar surface area (TPSA) is 59.3 Å². The average molecular weight is 282 g/mol. The van der Waals surface area contributed by atoms with Gasteiger partial charge in [0.25, 0.3) is 0 Å². The molecule has 1 aromatic carbocycles. The highest BCUT2D eigenvalue weighted by molar-refractivity contribution is 9.10. The van der Waals surface area contributed by atoms with Crippen LogP contribution < -0.4 is 0 Å². The van der Waals surface area contributed by atoms with E-state index in [4.69, 9.17) is 5.11 Å². The molecule has 0 radical (unpaired) electrons. The first-order chi connectivity index (χ1) is 7.61. The molecule has 0 unspecified atom stereocenters. The molecule has 2 rings (SSSR count). The molecule has 16 heavy (non-hydrogen) atoms. The van der Waals surface area contributed by atoms with Crippen molar-refractivity contribution in [3.8, 4) is 0 Å². The van der Waals surface area contributed by atoms with Crippen LogP contribution in [0, 0.1) is 0 Å². The second-order valence-electron chi connectivity index (χ2n) is 3.39. The smallest absolute Gasteiger partial charge is 0.323 e. The number of carboxylic acid groups (broad SMARTS) is 1. The number of carbonyl (C=O) groups excluding carboxylic acids is 1. The van der Waals surface area contributed by atoms with Gasteiger partial charge in [0.2, 0.25) is 0 Å². The summed E-state index contributed by atoms with van der Waals surface area (Å²) >= 11 is 3.31. The molecule has 0 saturated heterocycles. The summed E-state index contributed by atoms with van der Waals surface area (Å²) in [5.74, 6) is -0.936. The minimum absolute atomic E-state index is 0.152. The molecule has 2 aromatic rings. The molecular weight excluding hydrogens is 274 g/mol. The fourth-order valence-corrected chi connectivity index (χ4v) is 2.01. The van der Waals surface area contributed by atoms with Crippen molar-refractivity contribution in [2.45, 2.75) is 6.54 Å². The van der Waals surface area contributed by atoms with Crippen molar-refractivity contribution < 1.29 is 14.7 Å². The van der Waals surface area contributed by atoms with E-state index in [0.29, 0.717) is 5.56 Å². The van der Waals surface area contributed by atoms with Crippen molar-refractivity contribution in [1.29, 1.82) is 0 Å². The number of hydrogen-bond acceptors (Lipinski definition) is 2. The lowest BCUT2D eigenvalue weighted by Gasteiger charge is -2.00. The van der Waals surface area contributed by atoms with Crippen molar-refractivity contribution in [2.24, 2.45) is 0 Å². The maximum absolute atomic E-state index is 10.8. The number of halogens is 1. The van der Waals surface area contributed by atoms with E-state index in [2.05, 4.69) is 15.9 Å². The zero-order valence-electron chi connectivity index (χ0n) is 8.18. The quantitative estimate of drug-likeness (QED) is 0.879.